The van der Waals surface area contributed by atoms with E-state index in [0.717, 1.165) is 5.56 Å². The average Bonchev–Trinajstić information content (AvgIpc) is 2.47. The van der Waals surface area contributed by atoms with Crippen molar-refractivity contribution in [2.24, 2.45) is 0 Å². The van der Waals surface area contributed by atoms with Crippen LogP contribution in [0.5, 0.6) is 0 Å². The monoisotopic (exact) mass is 332 g/mol. The van der Waals surface area contributed by atoms with Crippen LogP contribution in [0, 0.1) is 10.1 Å². The minimum atomic E-state index is -0.614. The fourth-order valence-corrected chi connectivity index (χ4v) is 2.24. The molecule has 0 aliphatic rings. The summed E-state index contributed by atoms with van der Waals surface area (Å²) in [4.78, 5) is 22.5. The van der Waals surface area contributed by atoms with Crippen molar-refractivity contribution in [2.75, 3.05) is 5.32 Å². The van der Waals surface area contributed by atoms with Gasteiger partial charge in [0.1, 0.15) is 5.02 Å². The van der Waals surface area contributed by atoms with E-state index >= 15 is 0 Å². The molecule has 0 unspecified atom stereocenters. The zero-order valence-electron chi connectivity index (χ0n) is 13.1. The first kappa shape index (κ1) is 17.0. The second-order valence-electron chi connectivity index (χ2n) is 6.20. The molecule has 0 aromatic heterocycles. The maximum absolute atomic E-state index is 12.2. The summed E-state index contributed by atoms with van der Waals surface area (Å²) in [6.45, 7) is 6.31. The number of carbonyl (C=O) groups excluding carboxylic acids is 1. The van der Waals surface area contributed by atoms with Gasteiger partial charge in [0.2, 0.25) is 0 Å². The van der Waals surface area contributed by atoms with Gasteiger partial charge in [-0.1, -0.05) is 44.5 Å². The Kier molecular flexibility index (Phi) is 4.71. The van der Waals surface area contributed by atoms with Crippen LogP contribution in [0.25, 0.3) is 0 Å². The maximum Gasteiger partial charge on any atom is 0.288 e. The predicted molar refractivity (Wildman–Crippen MR) is 91.2 cm³/mol. The topological polar surface area (TPSA) is 72.2 Å². The van der Waals surface area contributed by atoms with E-state index in [1.165, 1.54) is 18.2 Å². The molecule has 0 radical (unpaired) electrons. The van der Waals surface area contributed by atoms with Gasteiger partial charge in [0, 0.05) is 17.3 Å². The Hall–Kier alpha value is -2.40. The first-order valence-electron chi connectivity index (χ1n) is 7.04. The number of anilines is 1. The number of amides is 1. The molecular weight excluding hydrogens is 316 g/mol. The van der Waals surface area contributed by atoms with Gasteiger partial charge in [-0.25, -0.2) is 0 Å². The number of nitrogens with zero attached hydrogens (tertiary/aromatic N) is 1. The summed E-state index contributed by atoms with van der Waals surface area (Å²) >= 11 is 5.74. The van der Waals surface area contributed by atoms with Crippen molar-refractivity contribution in [1.29, 1.82) is 0 Å². The molecule has 1 amide bonds. The zero-order valence-corrected chi connectivity index (χ0v) is 13.8. The number of rotatable bonds is 3. The lowest BCUT2D eigenvalue weighted by atomic mass is 9.87. The van der Waals surface area contributed by atoms with Crippen LogP contribution < -0.4 is 5.32 Å². The number of nitrogens with one attached hydrogen (secondary N) is 1. The van der Waals surface area contributed by atoms with E-state index in [2.05, 4.69) is 26.1 Å². The lowest BCUT2D eigenvalue weighted by molar-refractivity contribution is -0.384. The number of hydrogen-bond acceptors (Lipinski definition) is 3. The molecule has 6 heteroatoms. The molecule has 1 N–H and O–H groups in total. The average molecular weight is 333 g/mol. The molecule has 120 valence electrons. The van der Waals surface area contributed by atoms with Gasteiger partial charge in [0.15, 0.2) is 0 Å². The highest BCUT2D eigenvalue weighted by atomic mass is 35.5. The molecule has 0 saturated carbocycles. The molecule has 0 spiro atoms. The molecule has 2 aromatic carbocycles. The van der Waals surface area contributed by atoms with Crippen molar-refractivity contribution in [3.8, 4) is 0 Å². The Bertz CT molecular complexity index is 749. The van der Waals surface area contributed by atoms with E-state index in [1.807, 2.05) is 24.3 Å². The molecule has 0 bridgehead atoms. The molecular formula is C17H17ClN2O3. The lowest BCUT2D eigenvalue weighted by Gasteiger charge is -2.19. The van der Waals surface area contributed by atoms with Crippen LogP contribution in [-0.4, -0.2) is 10.8 Å². The Labute approximate surface area is 139 Å². The summed E-state index contributed by atoms with van der Waals surface area (Å²) in [5, 5.41) is 13.6. The SMILES string of the molecule is CC(C)(C)c1ccc(NC(=O)c2ccc(Cl)c([N+](=O)[O-])c2)cc1. The van der Waals surface area contributed by atoms with E-state index in [4.69, 9.17) is 11.6 Å². The van der Waals surface area contributed by atoms with Gasteiger partial charge in [-0.2, -0.15) is 0 Å². The van der Waals surface area contributed by atoms with Crippen LogP contribution >= 0.6 is 11.6 Å². The lowest BCUT2D eigenvalue weighted by Crippen LogP contribution is -2.13. The van der Waals surface area contributed by atoms with Gasteiger partial charge in [-0.15, -0.1) is 0 Å². The minimum absolute atomic E-state index is 0.00100. The summed E-state index contributed by atoms with van der Waals surface area (Å²) in [6.07, 6.45) is 0. The van der Waals surface area contributed by atoms with Crippen molar-refractivity contribution < 1.29 is 9.72 Å². The van der Waals surface area contributed by atoms with Gasteiger partial charge in [-0.3, -0.25) is 14.9 Å². The van der Waals surface area contributed by atoms with E-state index in [0.29, 0.717) is 5.69 Å². The van der Waals surface area contributed by atoms with Crippen molar-refractivity contribution in [3.63, 3.8) is 0 Å². The predicted octanol–water partition coefficient (Wildman–Crippen LogP) is 4.80. The quantitative estimate of drug-likeness (QED) is 0.648. The van der Waals surface area contributed by atoms with Crippen LogP contribution in [0.4, 0.5) is 11.4 Å². The van der Waals surface area contributed by atoms with Crippen LogP contribution in [0.1, 0.15) is 36.7 Å². The molecule has 5 nitrogen and oxygen atoms in total. The summed E-state index contributed by atoms with van der Waals surface area (Å²) in [7, 11) is 0. The fourth-order valence-electron chi connectivity index (χ4n) is 2.05. The number of halogens is 1. The molecule has 0 atom stereocenters. The summed E-state index contributed by atoms with van der Waals surface area (Å²) < 4.78 is 0. The minimum Gasteiger partial charge on any atom is -0.322 e. The maximum atomic E-state index is 12.2. The second-order valence-corrected chi connectivity index (χ2v) is 6.61. The Morgan fingerprint density at radius 3 is 2.26 bits per heavy atom. The highest BCUT2D eigenvalue weighted by molar-refractivity contribution is 6.32. The standard InChI is InChI=1S/C17H17ClN2O3/c1-17(2,3)12-5-7-13(8-6-12)19-16(21)11-4-9-14(18)15(10-11)20(22)23/h4-10H,1-3H3,(H,19,21). The zero-order chi connectivity index (χ0) is 17.2. The Morgan fingerprint density at radius 2 is 1.74 bits per heavy atom. The highest BCUT2D eigenvalue weighted by Gasteiger charge is 2.17. The molecule has 0 saturated heterocycles. The van der Waals surface area contributed by atoms with Gasteiger partial charge in [0.25, 0.3) is 11.6 Å². The first-order valence-corrected chi connectivity index (χ1v) is 7.42. The molecule has 2 aromatic rings. The summed E-state index contributed by atoms with van der Waals surface area (Å²) in [6, 6.07) is 11.5. The molecule has 0 aliphatic heterocycles. The smallest absolute Gasteiger partial charge is 0.288 e. The molecule has 0 heterocycles. The van der Waals surface area contributed by atoms with Gasteiger partial charge in [0.05, 0.1) is 4.92 Å². The van der Waals surface area contributed by atoms with E-state index in [9.17, 15) is 14.9 Å². The van der Waals surface area contributed by atoms with Crippen molar-refractivity contribution >= 4 is 28.9 Å². The largest absolute Gasteiger partial charge is 0.322 e. The summed E-state index contributed by atoms with van der Waals surface area (Å²) in [5.74, 6) is -0.423. The van der Waals surface area contributed by atoms with Crippen LogP contribution in [0.15, 0.2) is 42.5 Å². The van der Waals surface area contributed by atoms with E-state index in [-0.39, 0.29) is 21.7 Å². The number of nitro benzene ring substituents is 1. The third-order valence-electron chi connectivity index (χ3n) is 3.41. The highest BCUT2D eigenvalue weighted by Crippen LogP contribution is 2.26. The van der Waals surface area contributed by atoms with Gasteiger partial charge < -0.3 is 5.32 Å². The third kappa shape index (κ3) is 4.07. The van der Waals surface area contributed by atoms with Gasteiger partial charge >= 0.3 is 0 Å². The van der Waals surface area contributed by atoms with Crippen molar-refractivity contribution in [1.82, 2.24) is 0 Å². The number of benzene rings is 2. The Balaban J connectivity index is 2.19. The molecule has 2 rings (SSSR count). The first-order chi connectivity index (χ1) is 10.7. The van der Waals surface area contributed by atoms with E-state index < -0.39 is 10.8 Å². The Morgan fingerprint density at radius 1 is 1.13 bits per heavy atom. The van der Waals surface area contributed by atoms with Crippen LogP contribution in [0.2, 0.25) is 5.02 Å². The second kappa shape index (κ2) is 6.38. The van der Waals surface area contributed by atoms with Crippen LogP contribution in [0.3, 0.4) is 0 Å². The van der Waals surface area contributed by atoms with Crippen molar-refractivity contribution in [2.45, 2.75) is 26.2 Å². The normalized spacial score (nSPS) is 11.1. The molecule has 0 aliphatic carbocycles. The van der Waals surface area contributed by atoms with E-state index in [1.54, 1.807) is 0 Å². The number of carbonyl (C=O) groups is 1. The van der Waals surface area contributed by atoms with Crippen LogP contribution in [-0.2, 0) is 5.41 Å². The number of hydrogen-bond donors (Lipinski definition) is 1. The van der Waals surface area contributed by atoms with Gasteiger partial charge in [-0.05, 0) is 35.2 Å². The molecule has 23 heavy (non-hydrogen) atoms. The fraction of sp³-hybridized carbons (Fsp3) is 0.235. The summed E-state index contributed by atoms with van der Waals surface area (Å²) in [5.41, 5.74) is 1.70. The third-order valence-corrected chi connectivity index (χ3v) is 3.73. The van der Waals surface area contributed by atoms with Crippen molar-refractivity contribution in [3.05, 3.63) is 68.7 Å². The number of nitro groups is 1. The molecule has 0 fully saturated rings.